The Kier molecular flexibility index (Phi) is 3.77. The van der Waals surface area contributed by atoms with Gasteiger partial charge in [-0.15, -0.1) is 0 Å². The van der Waals surface area contributed by atoms with E-state index in [4.69, 9.17) is 0 Å². The standard InChI is InChI=1S/C12H24N2O/c1-9(2)14-8-6-7-10(14)11(15)13-12(3,4)5/h9-10H,6-8H2,1-5H3,(H,13,15). The zero-order valence-corrected chi connectivity index (χ0v) is 10.6. The van der Waals surface area contributed by atoms with Crippen LogP contribution in [0.2, 0.25) is 0 Å². The van der Waals surface area contributed by atoms with Gasteiger partial charge >= 0.3 is 0 Å². The van der Waals surface area contributed by atoms with Crippen LogP contribution < -0.4 is 5.32 Å². The van der Waals surface area contributed by atoms with Gasteiger partial charge in [-0.2, -0.15) is 0 Å². The lowest BCUT2D eigenvalue weighted by molar-refractivity contribution is -0.127. The van der Waals surface area contributed by atoms with E-state index in [2.05, 4.69) is 24.1 Å². The number of nitrogens with zero attached hydrogens (tertiary/aromatic N) is 1. The van der Waals surface area contributed by atoms with Crippen molar-refractivity contribution in [3.05, 3.63) is 0 Å². The molecule has 0 aromatic heterocycles. The van der Waals surface area contributed by atoms with E-state index >= 15 is 0 Å². The van der Waals surface area contributed by atoms with E-state index in [1.807, 2.05) is 20.8 Å². The largest absolute Gasteiger partial charge is 0.350 e. The van der Waals surface area contributed by atoms with Crippen LogP contribution in [0, 0.1) is 0 Å². The molecule has 1 amide bonds. The van der Waals surface area contributed by atoms with E-state index in [0.29, 0.717) is 6.04 Å². The molecule has 0 saturated carbocycles. The van der Waals surface area contributed by atoms with Crippen molar-refractivity contribution in [1.82, 2.24) is 10.2 Å². The highest BCUT2D eigenvalue weighted by Gasteiger charge is 2.33. The molecular weight excluding hydrogens is 188 g/mol. The fourth-order valence-corrected chi connectivity index (χ4v) is 2.14. The fraction of sp³-hybridized carbons (Fsp3) is 0.917. The Hall–Kier alpha value is -0.570. The first kappa shape index (κ1) is 12.5. The Morgan fingerprint density at radius 2 is 2.00 bits per heavy atom. The molecule has 1 fully saturated rings. The molecule has 0 bridgehead atoms. The highest BCUT2D eigenvalue weighted by molar-refractivity contribution is 5.82. The highest BCUT2D eigenvalue weighted by atomic mass is 16.2. The van der Waals surface area contributed by atoms with Crippen LogP contribution in [0.25, 0.3) is 0 Å². The first-order valence-corrected chi connectivity index (χ1v) is 5.89. The van der Waals surface area contributed by atoms with Gasteiger partial charge in [0.2, 0.25) is 5.91 Å². The second-order valence-electron chi connectivity index (χ2n) is 5.73. The second-order valence-corrected chi connectivity index (χ2v) is 5.73. The van der Waals surface area contributed by atoms with Crippen LogP contribution >= 0.6 is 0 Å². The summed E-state index contributed by atoms with van der Waals surface area (Å²) >= 11 is 0. The maximum atomic E-state index is 12.0. The lowest BCUT2D eigenvalue weighted by Crippen LogP contribution is -2.51. The molecule has 1 atom stereocenters. The van der Waals surface area contributed by atoms with Crippen LogP contribution in [0.3, 0.4) is 0 Å². The summed E-state index contributed by atoms with van der Waals surface area (Å²) < 4.78 is 0. The molecular formula is C12H24N2O. The molecule has 1 N–H and O–H groups in total. The van der Waals surface area contributed by atoms with Crippen molar-refractivity contribution in [1.29, 1.82) is 0 Å². The minimum absolute atomic E-state index is 0.0872. The summed E-state index contributed by atoms with van der Waals surface area (Å²) in [4.78, 5) is 14.3. The van der Waals surface area contributed by atoms with E-state index in [-0.39, 0.29) is 17.5 Å². The highest BCUT2D eigenvalue weighted by Crippen LogP contribution is 2.20. The summed E-state index contributed by atoms with van der Waals surface area (Å²) in [6.07, 6.45) is 2.14. The third kappa shape index (κ3) is 3.49. The molecule has 0 aliphatic carbocycles. The number of rotatable bonds is 2. The van der Waals surface area contributed by atoms with Gasteiger partial charge in [0.15, 0.2) is 0 Å². The van der Waals surface area contributed by atoms with E-state index < -0.39 is 0 Å². The average Bonchev–Trinajstić information content (AvgIpc) is 2.47. The van der Waals surface area contributed by atoms with Crippen LogP contribution in [-0.2, 0) is 4.79 Å². The third-order valence-corrected chi connectivity index (χ3v) is 2.76. The first-order valence-electron chi connectivity index (χ1n) is 5.89. The zero-order chi connectivity index (χ0) is 11.6. The van der Waals surface area contributed by atoms with Gasteiger partial charge in [0.25, 0.3) is 0 Å². The summed E-state index contributed by atoms with van der Waals surface area (Å²) in [5.41, 5.74) is -0.123. The van der Waals surface area contributed by atoms with Crippen LogP contribution in [-0.4, -0.2) is 35.0 Å². The molecule has 1 saturated heterocycles. The topological polar surface area (TPSA) is 32.3 Å². The molecule has 1 rings (SSSR count). The maximum absolute atomic E-state index is 12.0. The summed E-state index contributed by atoms with van der Waals surface area (Å²) in [5.74, 6) is 0.189. The lowest BCUT2D eigenvalue weighted by Gasteiger charge is -2.30. The zero-order valence-electron chi connectivity index (χ0n) is 10.6. The van der Waals surface area contributed by atoms with Crippen LogP contribution in [0.4, 0.5) is 0 Å². The van der Waals surface area contributed by atoms with Gasteiger partial charge in [-0.1, -0.05) is 0 Å². The second kappa shape index (κ2) is 4.52. The van der Waals surface area contributed by atoms with Crippen molar-refractivity contribution in [3.8, 4) is 0 Å². The normalized spacial score (nSPS) is 23.5. The molecule has 0 radical (unpaired) electrons. The van der Waals surface area contributed by atoms with Gasteiger partial charge in [-0.25, -0.2) is 0 Å². The van der Waals surface area contributed by atoms with Crippen LogP contribution in [0.15, 0.2) is 0 Å². The Bertz CT molecular complexity index is 230. The van der Waals surface area contributed by atoms with E-state index in [1.165, 1.54) is 0 Å². The van der Waals surface area contributed by atoms with Crippen molar-refractivity contribution < 1.29 is 4.79 Å². The monoisotopic (exact) mass is 212 g/mol. The minimum atomic E-state index is -0.123. The smallest absolute Gasteiger partial charge is 0.237 e. The molecule has 88 valence electrons. The molecule has 1 aliphatic rings. The van der Waals surface area contributed by atoms with Crippen molar-refractivity contribution in [3.63, 3.8) is 0 Å². The molecule has 1 heterocycles. The summed E-state index contributed by atoms with van der Waals surface area (Å²) in [6.45, 7) is 11.4. The first-order chi connectivity index (χ1) is 6.81. The SMILES string of the molecule is CC(C)N1CCCC1C(=O)NC(C)(C)C. The van der Waals surface area contributed by atoms with E-state index in [1.54, 1.807) is 0 Å². The predicted octanol–water partition coefficient (Wildman–Crippen LogP) is 1.77. The number of amides is 1. The van der Waals surface area contributed by atoms with E-state index in [9.17, 15) is 4.79 Å². The number of hydrogen-bond donors (Lipinski definition) is 1. The summed E-state index contributed by atoms with van der Waals surface area (Å²) in [5, 5.41) is 3.07. The average molecular weight is 212 g/mol. The fourth-order valence-electron chi connectivity index (χ4n) is 2.14. The van der Waals surface area contributed by atoms with Gasteiger partial charge < -0.3 is 5.32 Å². The molecule has 0 aromatic carbocycles. The number of hydrogen-bond acceptors (Lipinski definition) is 2. The number of carbonyl (C=O) groups is 1. The molecule has 0 aromatic rings. The van der Waals surface area contributed by atoms with E-state index in [0.717, 1.165) is 19.4 Å². The molecule has 15 heavy (non-hydrogen) atoms. The molecule has 1 unspecified atom stereocenters. The van der Waals surface area contributed by atoms with Crippen molar-refractivity contribution >= 4 is 5.91 Å². The van der Waals surface area contributed by atoms with Gasteiger partial charge in [0.1, 0.15) is 0 Å². The summed E-state index contributed by atoms with van der Waals surface area (Å²) in [6, 6.07) is 0.549. The number of likely N-dealkylation sites (tertiary alicyclic amines) is 1. The van der Waals surface area contributed by atoms with Crippen molar-refractivity contribution in [2.24, 2.45) is 0 Å². The minimum Gasteiger partial charge on any atom is -0.350 e. The third-order valence-electron chi connectivity index (χ3n) is 2.76. The summed E-state index contributed by atoms with van der Waals surface area (Å²) in [7, 11) is 0. The molecule has 0 spiro atoms. The molecule has 3 heteroatoms. The Balaban J connectivity index is 2.59. The molecule has 3 nitrogen and oxygen atoms in total. The Labute approximate surface area is 93.2 Å². The predicted molar refractivity (Wildman–Crippen MR) is 62.8 cm³/mol. The van der Waals surface area contributed by atoms with Gasteiger partial charge in [-0.05, 0) is 54.0 Å². The van der Waals surface area contributed by atoms with Crippen LogP contribution in [0.5, 0.6) is 0 Å². The van der Waals surface area contributed by atoms with Crippen molar-refractivity contribution in [2.45, 2.75) is 65.1 Å². The number of nitrogens with one attached hydrogen (secondary N) is 1. The Morgan fingerprint density at radius 3 is 2.47 bits per heavy atom. The molecule has 1 aliphatic heterocycles. The Morgan fingerprint density at radius 1 is 1.40 bits per heavy atom. The van der Waals surface area contributed by atoms with Gasteiger partial charge in [0.05, 0.1) is 6.04 Å². The van der Waals surface area contributed by atoms with Gasteiger partial charge in [-0.3, -0.25) is 9.69 Å². The maximum Gasteiger partial charge on any atom is 0.237 e. The quantitative estimate of drug-likeness (QED) is 0.756. The van der Waals surface area contributed by atoms with Gasteiger partial charge in [0, 0.05) is 11.6 Å². The van der Waals surface area contributed by atoms with Crippen LogP contribution in [0.1, 0.15) is 47.5 Å². The number of carbonyl (C=O) groups excluding carboxylic acids is 1. The lowest BCUT2D eigenvalue weighted by atomic mass is 10.1. The van der Waals surface area contributed by atoms with Crippen molar-refractivity contribution in [2.75, 3.05) is 6.54 Å².